The molecule has 1 aromatic rings. The molecule has 4 heterocycles. The van der Waals surface area contributed by atoms with Crippen molar-refractivity contribution >= 4 is 17.5 Å². The van der Waals surface area contributed by atoms with E-state index in [1.165, 1.54) is 21.3 Å². The summed E-state index contributed by atoms with van der Waals surface area (Å²) >= 11 is 0. The molecule has 4 unspecified atom stereocenters. The lowest BCUT2D eigenvalue weighted by Gasteiger charge is -2.24. The van der Waals surface area contributed by atoms with Crippen LogP contribution < -0.4 is 19.5 Å². The Morgan fingerprint density at radius 3 is 2.59 bits per heavy atom. The molecule has 1 N–H and O–H groups in total. The lowest BCUT2D eigenvalue weighted by molar-refractivity contribution is -0.136. The lowest BCUT2D eigenvalue weighted by atomic mass is 9.77. The first-order valence-corrected chi connectivity index (χ1v) is 10.9. The zero-order valence-corrected chi connectivity index (χ0v) is 18.5. The van der Waals surface area contributed by atoms with Crippen LogP contribution in [0.1, 0.15) is 12.8 Å². The van der Waals surface area contributed by atoms with Crippen molar-refractivity contribution in [1.82, 2.24) is 4.90 Å². The highest BCUT2D eigenvalue weighted by Crippen LogP contribution is 2.52. The maximum atomic E-state index is 13.4. The molecule has 5 rings (SSSR count). The van der Waals surface area contributed by atoms with Gasteiger partial charge in [-0.15, -0.1) is 0 Å². The number of benzene rings is 1. The van der Waals surface area contributed by atoms with Gasteiger partial charge in [-0.05, 0) is 12.8 Å². The van der Waals surface area contributed by atoms with Crippen molar-refractivity contribution in [3.8, 4) is 17.2 Å². The minimum Gasteiger partial charge on any atom is -0.493 e. The lowest BCUT2D eigenvalue weighted by Crippen LogP contribution is -2.42. The Balaban J connectivity index is 1.37. The van der Waals surface area contributed by atoms with E-state index in [1.54, 1.807) is 17.0 Å². The fraction of sp³-hybridized carbons (Fsp3) is 0.565. The van der Waals surface area contributed by atoms with Crippen LogP contribution in [-0.2, 0) is 19.1 Å². The van der Waals surface area contributed by atoms with Crippen LogP contribution in [0.25, 0.3) is 0 Å². The minimum atomic E-state index is -0.738. The fourth-order valence-corrected chi connectivity index (χ4v) is 5.45. The smallest absolute Gasteiger partial charge is 0.231 e. The van der Waals surface area contributed by atoms with Crippen molar-refractivity contribution < 1.29 is 33.3 Å². The van der Waals surface area contributed by atoms with Gasteiger partial charge < -0.3 is 33.9 Å². The van der Waals surface area contributed by atoms with Crippen LogP contribution in [-0.4, -0.2) is 75.5 Å². The molecular weight excluding hydrogens is 416 g/mol. The molecule has 0 radical (unpaired) electrons. The number of nitrogens with one attached hydrogen (secondary N) is 1. The summed E-state index contributed by atoms with van der Waals surface area (Å²) in [6.45, 7) is 1.73. The second kappa shape index (κ2) is 7.97. The maximum Gasteiger partial charge on any atom is 0.231 e. The van der Waals surface area contributed by atoms with E-state index in [0.29, 0.717) is 36.0 Å². The summed E-state index contributed by atoms with van der Waals surface area (Å²) in [5, 5.41) is 2.92. The van der Waals surface area contributed by atoms with E-state index in [9.17, 15) is 9.59 Å². The third-order valence-corrected chi connectivity index (χ3v) is 6.86. The van der Waals surface area contributed by atoms with Gasteiger partial charge in [-0.25, -0.2) is 0 Å². The van der Waals surface area contributed by atoms with E-state index in [0.717, 1.165) is 19.4 Å². The zero-order valence-electron chi connectivity index (χ0n) is 18.5. The van der Waals surface area contributed by atoms with E-state index in [1.807, 2.05) is 12.2 Å². The van der Waals surface area contributed by atoms with Crippen LogP contribution in [0.3, 0.4) is 0 Å². The molecule has 172 valence electrons. The zero-order chi connectivity index (χ0) is 22.5. The van der Waals surface area contributed by atoms with Crippen molar-refractivity contribution in [1.29, 1.82) is 0 Å². The SMILES string of the molecule is COc1cc(NC(=O)C2C3C=C[C@]4(CN(CC5CCCO5)C(=O)C24)O3)cc(OC)c1OC. The first kappa shape index (κ1) is 21.1. The highest BCUT2D eigenvalue weighted by molar-refractivity contribution is 5.99. The third kappa shape index (κ3) is 3.22. The molecule has 0 saturated carbocycles. The van der Waals surface area contributed by atoms with Crippen LogP contribution >= 0.6 is 0 Å². The molecule has 2 bridgehead atoms. The van der Waals surface area contributed by atoms with Gasteiger partial charge in [-0.1, -0.05) is 12.2 Å². The average molecular weight is 444 g/mol. The number of ether oxygens (including phenoxy) is 5. The molecule has 2 amide bonds. The number of methoxy groups -OCH3 is 3. The first-order chi connectivity index (χ1) is 15.5. The highest BCUT2D eigenvalue weighted by Gasteiger charge is 2.66. The maximum absolute atomic E-state index is 13.4. The molecule has 32 heavy (non-hydrogen) atoms. The van der Waals surface area contributed by atoms with Crippen LogP contribution in [0.5, 0.6) is 17.2 Å². The number of amides is 2. The van der Waals surface area contributed by atoms with E-state index in [-0.39, 0.29) is 17.9 Å². The topological polar surface area (TPSA) is 95.6 Å². The second-order valence-electron chi connectivity index (χ2n) is 8.66. The van der Waals surface area contributed by atoms with Crippen molar-refractivity contribution in [2.75, 3.05) is 46.3 Å². The predicted molar refractivity (Wildman–Crippen MR) is 114 cm³/mol. The fourth-order valence-electron chi connectivity index (χ4n) is 5.45. The molecule has 1 spiro atoms. The van der Waals surface area contributed by atoms with Gasteiger partial charge in [-0.2, -0.15) is 0 Å². The Morgan fingerprint density at radius 1 is 1.22 bits per heavy atom. The summed E-state index contributed by atoms with van der Waals surface area (Å²) < 4.78 is 28.0. The van der Waals surface area contributed by atoms with Crippen molar-refractivity contribution in [3.63, 3.8) is 0 Å². The number of rotatable bonds is 7. The third-order valence-electron chi connectivity index (χ3n) is 6.86. The average Bonchev–Trinajstić information content (AvgIpc) is 3.56. The normalized spacial score (nSPS) is 32.3. The number of carbonyl (C=O) groups is 2. The molecule has 0 aromatic heterocycles. The molecule has 9 heteroatoms. The van der Waals surface area contributed by atoms with Crippen LogP contribution in [0.4, 0.5) is 5.69 Å². The van der Waals surface area contributed by atoms with Gasteiger partial charge in [0.2, 0.25) is 17.6 Å². The summed E-state index contributed by atoms with van der Waals surface area (Å²) in [6, 6.07) is 3.33. The number of hydrogen-bond acceptors (Lipinski definition) is 7. The van der Waals surface area contributed by atoms with Gasteiger partial charge in [0.25, 0.3) is 0 Å². The van der Waals surface area contributed by atoms with E-state index in [2.05, 4.69) is 5.32 Å². The Morgan fingerprint density at radius 2 is 1.97 bits per heavy atom. The standard InChI is InChI=1S/C23H28N2O7/c1-28-16-9-13(10-17(29-2)20(16)30-3)24-21(26)18-15-6-7-23(32-15)12-25(22(27)19(18)23)11-14-5-4-8-31-14/h6-7,9-10,14-15,18-19H,4-5,8,11-12H2,1-3H3,(H,24,26)/t14?,15?,18?,19?,23-/m1/s1. The Bertz CT molecular complexity index is 933. The number of likely N-dealkylation sites (tertiary alicyclic amines) is 1. The van der Waals surface area contributed by atoms with Gasteiger partial charge in [0.15, 0.2) is 11.5 Å². The van der Waals surface area contributed by atoms with E-state index >= 15 is 0 Å². The molecule has 0 aliphatic carbocycles. The number of anilines is 1. The summed E-state index contributed by atoms with van der Waals surface area (Å²) in [6.07, 6.45) is 5.46. The number of hydrogen-bond donors (Lipinski definition) is 1. The number of nitrogens with zero attached hydrogens (tertiary/aromatic N) is 1. The second-order valence-corrected chi connectivity index (χ2v) is 8.66. The molecule has 3 saturated heterocycles. The largest absolute Gasteiger partial charge is 0.493 e. The van der Waals surface area contributed by atoms with Crippen LogP contribution in [0.15, 0.2) is 24.3 Å². The first-order valence-electron chi connectivity index (χ1n) is 10.9. The van der Waals surface area contributed by atoms with Crippen molar-refractivity contribution in [2.24, 2.45) is 11.8 Å². The van der Waals surface area contributed by atoms with E-state index < -0.39 is 23.5 Å². The predicted octanol–water partition coefficient (Wildman–Crippen LogP) is 1.61. The van der Waals surface area contributed by atoms with Gasteiger partial charge in [0, 0.05) is 31.0 Å². The number of carbonyl (C=O) groups excluding carboxylic acids is 2. The van der Waals surface area contributed by atoms with E-state index in [4.69, 9.17) is 23.7 Å². The molecule has 5 atom stereocenters. The monoisotopic (exact) mass is 444 g/mol. The van der Waals surface area contributed by atoms with Crippen LogP contribution in [0.2, 0.25) is 0 Å². The molecular formula is C23H28N2O7. The van der Waals surface area contributed by atoms with Gasteiger partial charge >= 0.3 is 0 Å². The van der Waals surface area contributed by atoms with Gasteiger partial charge in [-0.3, -0.25) is 9.59 Å². The molecule has 4 aliphatic heterocycles. The Labute approximate surface area is 186 Å². The Kier molecular flexibility index (Phi) is 5.25. The summed E-state index contributed by atoms with van der Waals surface area (Å²) in [5.74, 6) is -0.161. The molecule has 9 nitrogen and oxygen atoms in total. The highest BCUT2D eigenvalue weighted by atomic mass is 16.5. The number of fused-ring (bicyclic) bond motifs is 1. The molecule has 4 aliphatic rings. The summed E-state index contributed by atoms with van der Waals surface area (Å²) in [4.78, 5) is 28.5. The summed E-state index contributed by atoms with van der Waals surface area (Å²) in [5.41, 5.74) is -0.246. The van der Waals surface area contributed by atoms with Crippen molar-refractivity contribution in [3.05, 3.63) is 24.3 Å². The summed E-state index contributed by atoms with van der Waals surface area (Å²) in [7, 11) is 4.55. The molecule has 3 fully saturated rings. The van der Waals surface area contributed by atoms with Crippen LogP contribution in [0, 0.1) is 11.8 Å². The quantitative estimate of drug-likeness (QED) is 0.639. The van der Waals surface area contributed by atoms with Crippen molar-refractivity contribution in [2.45, 2.75) is 30.7 Å². The molecule has 1 aromatic carbocycles. The van der Waals surface area contributed by atoms with Gasteiger partial charge in [0.1, 0.15) is 5.60 Å². The Hall–Kier alpha value is -2.78. The van der Waals surface area contributed by atoms with Gasteiger partial charge in [0.05, 0.1) is 51.9 Å². The minimum absolute atomic E-state index is 0.0441.